The van der Waals surface area contributed by atoms with Gasteiger partial charge in [-0.25, -0.2) is 0 Å². The zero-order valence-electron chi connectivity index (χ0n) is 21.0. The first-order valence-corrected chi connectivity index (χ1v) is 12.8. The molecule has 1 aromatic carbocycles. The van der Waals surface area contributed by atoms with Gasteiger partial charge in [0, 0.05) is 56.3 Å². The first-order chi connectivity index (χ1) is 17.5. The van der Waals surface area contributed by atoms with E-state index in [9.17, 15) is 9.90 Å². The number of hydrogen-bond acceptors (Lipinski definition) is 7. The molecule has 0 radical (unpaired) electrons. The second-order valence-corrected chi connectivity index (χ2v) is 10.1. The number of fused-ring (bicyclic) bond motifs is 1. The van der Waals surface area contributed by atoms with Crippen molar-refractivity contribution in [2.24, 2.45) is 0 Å². The number of likely N-dealkylation sites (tertiary alicyclic amines) is 1. The number of rotatable bonds is 8. The van der Waals surface area contributed by atoms with Crippen LogP contribution in [0.4, 0.5) is 5.69 Å². The first-order valence-electron chi connectivity index (χ1n) is 12.8. The quantitative estimate of drug-likeness (QED) is 0.521. The lowest BCUT2D eigenvalue weighted by Gasteiger charge is -2.42. The fourth-order valence-corrected chi connectivity index (χ4v) is 5.37. The number of ether oxygens (including phenoxy) is 1. The predicted octanol–water partition coefficient (Wildman–Crippen LogP) is 3.09. The maximum atomic E-state index is 12.8. The Balaban J connectivity index is 1.15. The summed E-state index contributed by atoms with van der Waals surface area (Å²) in [5.41, 5.74) is 2.15. The molecule has 2 aliphatic rings. The third-order valence-electron chi connectivity index (χ3n) is 7.26. The third-order valence-corrected chi connectivity index (χ3v) is 7.26. The van der Waals surface area contributed by atoms with Crippen molar-refractivity contribution in [1.82, 2.24) is 19.8 Å². The molecule has 8 heteroatoms. The minimum atomic E-state index is -1.00. The predicted molar refractivity (Wildman–Crippen MR) is 140 cm³/mol. The van der Waals surface area contributed by atoms with Gasteiger partial charge in [-0.1, -0.05) is 12.1 Å². The van der Waals surface area contributed by atoms with E-state index in [2.05, 4.69) is 31.9 Å². The van der Waals surface area contributed by atoms with E-state index in [0.29, 0.717) is 18.7 Å². The monoisotopic (exact) mass is 489 g/mol. The first kappa shape index (κ1) is 24.5. The number of piperidine rings is 1. The van der Waals surface area contributed by atoms with Crippen molar-refractivity contribution in [2.45, 2.75) is 37.8 Å². The summed E-state index contributed by atoms with van der Waals surface area (Å²) < 4.78 is 5.76. The van der Waals surface area contributed by atoms with Crippen LogP contribution < -0.4 is 9.64 Å². The largest absolute Gasteiger partial charge is 0.484 e. The van der Waals surface area contributed by atoms with Gasteiger partial charge in [0.25, 0.3) is 5.91 Å². The molecule has 190 valence electrons. The Hall–Kier alpha value is -3.23. The van der Waals surface area contributed by atoms with Crippen LogP contribution >= 0.6 is 0 Å². The van der Waals surface area contributed by atoms with E-state index in [1.807, 2.05) is 30.5 Å². The van der Waals surface area contributed by atoms with Crippen LogP contribution in [0.15, 0.2) is 55.0 Å². The average Bonchev–Trinajstić information content (AvgIpc) is 3.40. The van der Waals surface area contributed by atoms with Crippen LogP contribution in [0.5, 0.6) is 5.75 Å². The number of hydrogen-bond donors (Lipinski definition) is 1. The molecule has 1 atom stereocenters. The van der Waals surface area contributed by atoms with E-state index in [0.717, 1.165) is 36.1 Å². The van der Waals surface area contributed by atoms with Gasteiger partial charge in [-0.15, -0.1) is 0 Å². The highest BCUT2D eigenvalue weighted by Crippen LogP contribution is 2.31. The smallest absolute Gasteiger partial charge is 0.260 e. The number of amides is 1. The minimum absolute atomic E-state index is 0.0531. The molecular weight excluding hydrogens is 454 g/mol. The van der Waals surface area contributed by atoms with Gasteiger partial charge in [-0.3, -0.25) is 19.7 Å². The number of anilines is 1. The van der Waals surface area contributed by atoms with Crippen molar-refractivity contribution in [1.29, 1.82) is 0 Å². The fourth-order valence-electron chi connectivity index (χ4n) is 5.37. The topological polar surface area (TPSA) is 82.0 Å². The molecule has 0 unspecified atom stereocenters. The molecule has 36 heavy (non-hydrogen) atoms. The highest BCUT2D eigenvalue weighted by Gasteiger charge is 2.36. The van der Waals surface area contributed by atoms with Gasteiger partial charge in [0.2, 0.25) is 0 Å². The van der Waals surface area contributed by atoms with E-state index in [1.165, 1.54) is 31.5 Å². The molecule has 2 aliphatic heterocycles. The highest BCUT2D eigenvalue weighted by atomic mass is 16.5. The SMILES string of the molecule is CN(C[C@]1(O)CCCN(c2ccnc3ccncc23)C1)C(=O)COc1ccc(CN2CCCC2)cc1. The average molecular weight is 490 g/mol. The lowest BCUT2D eigenvalue weighted by atomic mass is 9.91. The number of benzene rings is 1. The number of nitrogens with zero attached hydrogens (tertiary/aromatic N) is 5. The number of β-amino-alcohol motifs (C(OH)–C–C–N with tert-alkyl or cyclic N) is 1. The Morgan fingerprint density at radius 3 is 2.69 bits per heavy atom. The van der Waals surface area contributed by atoms with Crippen LogP contribution in [0.1, 0.15) is 31.2 Å². The molecule has 0 aliphatic carbocycles. The summed E-state index contributed by atoms with van der Waals surface area (Å²) in [5.74, 6) is 0.530. The number of aliphatic hydroxyl groups is 1. The Labute approximate surface area is 212 Å². The second-order valence-electron chi connectivity index (χ2n) is 10.1. The molecular formula is C28H35N5O3. The van der Waals surface area contributed by atoms with Gasteiger partial charge in [-0.2, -0.15) is 0 Å². The van der Waals surface area contributed by atoms with Crippen molar-refractivity contribution in [3.63, 3.8) is 0 Å². The lowest BCUT2D eigenvalue weighted by molar-refractivity contribution is -0.135. The van der Waals surface area contributed by atoms with Crippen molar-refractivity contribution in [3.8, 4) is 5.75 Å². The standard InChI is InChI=1S/C28H35N5O3/c1-31(27(34)19-36-23-7-5-22(6-8-23)18-32-14-2-3-15-32)20-28(35)11-4-16-33(21-28)26-10-13-30-25-9-12-29-17-24(25)26/h5-10,12-13,17,35H,2-4,11,14-16,18-21H2,1H3/t28-/m1/s1. The van der Waals surface area contributed by atoms with Gasteiger partial charge < -0.3 is 19.6 Å². The summed E-state index contributed by atoms with van der Waals surface area (Å²) in [4.78, 5) is 27.7. The molecule has 8 nitrogen and oxygen atoms in total. The van der Waals surface area contributed by atoms with Gasteiger partial charge in [0.15, 0.2) is 6.61 Å². The highest BCUT2D eigenvalue weighted by molar-refractivity contribution is 5.90. The summed E-state index contributed by atoms with van der Waals surface area (Å²) in [6.45, 7) is 4.77. The molecule has 1 N–H and O–H groups in total. The zero-order chi connectivity index (χ0) is 25.0. The normalized spacial score (nSPS) is 20.6. The Morgan fingerprint density at radius 2 is 1.89 bits per heavy atom. The lowest BCUT2D eigenvalue weighted by Crippen LogP contribution is -2.55. The molecule has 0 bridgehead atoms. The third kappa shape index (κ3) is 5.77. The molecule has 4 heterocycles. The Morgan fingerprint density at radius 1 is 1.08 bits per heavy atom. The molecule has 3 aromatic rings. The molecule has 0 spiro atoms. The summed E-state index contributed by atoms with van der Waals surface area (Å²) in [6, 6.07) is 11.9. The van der Waals surface area contributed by atoms with Gasteiger partial charge >= 0.3 is 0 Å². The van der Waals surface area contributed by atoms with Crippen molar-refractivity contribution in [3.05, 3.63) is 60.6 Å². The van der Waals surface area contributed by atoms with E-state index in [4.69, 9.17) is 4.74 Å². The van der Waals surface area contributed by atoms with E-state index < -0.39 is 5.60 Å². The summed E-state index contributed by atoms with van der Waals surface area (Å²) in [5, 5.41) is 12.4. The molecule has 0 saturated carbocycles. The molecule has 5 rings (SSSR count). The minimum Gasteiger partial charge on any atom is -0.484 e. The van der Waals surface area contributed by atoms with Crippen LogP contribution in [-0.4, -0.2) is 82.8 Å². The number of carbonyl (C=O) groups excluding carboxylic acids is 1. The van der Waals surface area contributed by atoms with Crippen LogP contribution in [0.3, 0.4) is 0 Å². The van der Waals surface area contributed by atoms with Crippen molar-refractivity contribution < 1.29 is 14.6 Å². The Kier molecular flexibility index (Phi) is 7.34. The van der Waals surface area contributed by atoms with Gasteiger partial charge in [-0.05, 0) is 68.6 Å². The molecule has 1 amide bonds. The number of likely N-dealkylation sites (N-methyl/N-ethyl adjacent to an activating group) is 1. The van der Waals surface area contributed by atoms with Gasteiger partial charge in [0.1, 0.15) is 5.75 Å². The summed E-state index contributed by atoms with van der Waals surface area (Å²) in [7, 11) is 1.73. The van der Waals surface area contributed by atoms with Gasteiger partial charge in [0.05, 0.1) is 17.7 Å². The number of pyridine rings is 2. The van der Waals surface area contributed by atoms with Crippen LogP contribution in [0.2, 0.25) is 0 Å². The molecule has 2 fully saturated rings. The number of aromatic nitrogens is 2. The van der Waals surface area contributed by atoms with Crippen LogP contribution in [0.25, 0.3) is 10.9 Å². The molecule has 2 aromatic heterocycles. The van der Waals surface area contributed by atoms with Crippen molar-refractivity contribution in [2.75, 3.05) is 51.3 Å². The van der Waals surface area contributed by atoms with E-state index in [1.54, 1.807) is 24.3 Å². The summed E-state index contributed by atoms with van der Waals surface area (Å²) in [6.07, 6.45) is 9.38. The van der Waals surface area contributed by atoms with E-state index >= 15 is 0 Å². The molecule has 2 saturated heterocycles. The summed E-state index contributed by atoms with van der Waals surface area (Å²) >= 11 is 0. The second kappa shape index (κ2) is 10.8. The van der Waals surface area contributed by atoms with Crippen LogP contribution in [0, 0.1) is 0 Å². The fraction of sp³-hybridized carbons (Fsp3) is 0.464. The Bertz CT molecular complexity index is 1180. The zero-order valence-corrected chi connectivity index (χ0v) is 21.0. The van der Waals surface area contributed by atoms with Crippen LogP contribution in [-0.2, 0) is 11.3 Å². The van der Waals surface area contributed by atoms with Crippen molar-refractivity contribution >= 4 is 22.5 Å². The maximum Gasteiger partial charge on any atom is 0.260 e. The van der Waals surface area contributed by atoms with E-state index in [-0.39, 0.29) is 19.1 Å². The maximum absolute atomic E-state index is 12.8. The number of carbonyl (C=O) groups is 1.